The van der Waals surface area contributed by atoms with Gasteiger partial charge in [-0.05, 0) is 51.4 Å². The number of aliphatic hydroxyl groups excluding tert-OH is 3. The molecule has 0 aliphatic rings. The maximum atomic E-state index is 12.4. The summed E-state index contributed by atoms with van der Waals surface area (Å²) in [5, 5.41) is 33.2. The van der Waals surface area contributed by atoms with Crippen molar-refractivity contribution in [2.75, 3.05) is 6.61 Å². The third-order valence-electron chi connectivity index (χ3n) is 10.7. The fourth-order valence-electron chi connectivity index (χ4n) is 7.08. The Morgan fingerprint density at radius 3 is 1.25 bits per heavy atom. The molecule has 3 unspecified atom stereocenters. The molecule has 0 heterocycles. The summed E-state index contributed by atoms with van der Waals surface area (Å²) in [5.74, 6) is -0.318. The van der Waals surface area contributed by atoms with E-state index < -0.39 is 18.2 Å². The Morgan fingerprint density at radius 1 is 0.491 bits per heavy atom. The minimum Gasteiger partial charge on any atom is -0.394 e. The molecule has 1 amide bonds. The lowest BCUT2D eigenvalue weighted by Crippen LogP contribution is -2.45. The van der Waals surface area contributed by atoms with E-state index in [1.165, 1.54) is 180 Å². The van der Waals surface area contributed by atoms with Crippen molar-refractivity contribution in [3.63, 3.8) is 0 Å². The van der Waals surface area contributed by atoms with Crippen LogP contribution in [0.4, 0.5) is 0 Å². The molecule has 0 bridgehead atoms. The van der Waals surface area contributed by atoms with Crippen molar-refractivity contribution in [3.8, 4) is 0 Å². The number of carbonyl (C=O) groups excluding carboxylic acids is 1. The van der Waals surface area contributed by atoms with Gasteiger partial charge in [-0.15, -0.1) is 0 Å². The fourth-order valence-corrected chi connectivity index (χ4v) is 7.08. The molecule has 0 aromatic heterocycles. The van der Waals surface area contributed by atoms with Crippen LogP contribution in [0, 0.1) is 0 Å². The lowest BCUT2D eigenvalue weighted by atomic mass is 10.0. The van der Waals surface area contributed by atoms with Crippen molar-refractivity contribution in [2.45, 2.75) is 257 Å². The third kappa shape index (κ3) is 40.1. The van der Waals surface area contributed by atoms with Gasteiger partial charge in [-0.3, -0.25) is 4.79 Å². The minimum atomic E-state index is -0.929. The van der Waals surface area contributed by atoms with Crippen molar-refractivity contribution >= 4 is 5.91 Å². The summed E-state index contributed by atoms with van der Waals surface area (Å²) >= 11 is 0. The molecule has 0 saturated heterocycles. The number of aliphatic hydroxyl groups is 3. The molecule has 0 aliphatic heterocycles. The molecule has 4 N–H and O–H groups in total. The summed E-state index contributed by atoms with van der Waals surface area (Å²) in [6.07, 6.45) is 54.4. The Hall–Kier alpha value is -1.43. The molecule has 0 aromatic rings. The first kappa shape index (κ1) is 51.6. The second kappa shape index (κ2) is 43.3. The van der Waals surface area contributed by atoms with Crippen molar-refractivity contribution in [1.29, 1.82) is 0 Å². The SMILES string of the molecule is CCCCCCCCCCC/C=C\C/C=C\CCCCCCCCCCCC(O)CC(=O)NC(CO)C(O)/C=C/CCCCCCCCCCCCC. The van der Waals surface area contributed by atoms with E-state index >= 15 is 0 Å². The van der Waals surface area contributed by atoms with Crippen LogP contribution in [0.1, 0.15) is 239 Å². The van der Waals surface area contributed by atoms with Crippen LogP contribution in [0.2, 0.25) is 0 Å². The summed E-state index contributed by atoms with van der Waals surface area (Å²) in [5.41, 5.74) is 0. The van der Waals surface area contributed by atoms with Crippen molar-refractivity contribution in [3.05, 3.63) is 36.5 Å². The molecule has 0 fully saturated rings. The zero-order valence-corrected chi connectivity index (χ0v) is 35.4. The van der Waals surface area contributed by atoms with Gasteiger partial charge in [0.1, 0.15) is 0 Å². The highest BCUT2D eigenvalue weighted by Crippen LogP contribution is 2.15. The van der Waals surface area contributed by atoms with Crippen LogP contribution in [-0.4, -0.2) is 46.1 Å². The first-order chi connectivity index (χ1) is 26.0. The summed E-state index contributed by atoms with van der Waals surface area (Å²) in [6.45, 7) is 4.21. The second-order valence-corrected chi connectivity index (χ2v) is 16.0. The highest BCUT2D eigenvalue weighted by atomic mass is 16.3. The van der Waals surface area contributed by atoms with Gasteiger partial charge in [0.15, 0.2) is 0 Å². The highest BCUT2D eigenvalue weighted by Gasteiger charge is 2.20. The largest absolute Gasteiger partial charge is 0.394 e. The van der Waals surface area contributed by atoms with Crippen molar-refractivity contribution < 1.29 is 20.1 Å². The number of hydrogen-bond donors (Lipinski definition) is 4. The zero-order valence-electron chi connectivity index (χ0n) is 35.4. The standard InChI is InChI=1S/C48H91NO4/c1-3-5-7-9-11-13-15-17-18-19-20-21-22-23-24-25-26-27-28-30-31-33-35-37-39-41-45(51)43-48(53)49-46(44-50)47(52)42-40-38-36-34-32-29-16-14-12-10-8-6-4-2/h20-21,23-24,40,42,45-47,50-52H,3-19,22,25-39,41,43-44H2,1-2H3,(H,49,53)/b21-20-,24-23-,42-40+. The molecule has 0 saturated carbocycles. The first-order valence-electron chi connectivity index (χ1n) is 23.3. The maximum absolute atomic E-state index is 12.4. The number of unbranched alkanes of at least 4 members (excludes halogenated alkanes) is 29. The summed E-state index contributed by atoms with van der Waals surface area (Å²) < 4.78 is 0. The monoisotopic (exact) mass is 746 g/mol. The lowest BCUT2D eigenvalue weighted by Gasteiger charge is -2.21. The predicted molar refractivity (Wildman–Crippen MR) is 231 cm³/mol. The van der Waals surface area contributed by atoms with Crippen molar-refractivity contribution in [1.82, 2.24) is 5.32 Å². The molecule has 5 nitrogen and oxygen atoms in total. The molecule has 53 heavy (non-hydrogen) atoms. The topological polar surface area (TPSA) is 89.8 Å². The van der Waals surface area contributed by atoms with Gasteiger partial charge in [-0.25, -0.2) is 0 Å². The molecule has 0 aromatic carbocycles. The minimum absolute atomic E-state index is 0.0109. The van der Waals surface area contributed by atoms with Crippen LogP contribution >= 0.6 is 0 Å². The Bertz CT molecular complexity index is 824. The highest BCUT2D eigenvalue weighted by molar-refractivity contribution is 5.76. The van der Waals surface area contributed by atoms with Gasteiger partial charge in [0.25, 0.3) is 0 Å². The van der Waals surface area contributed by atoms with Gasteiger partial charge in [-0.1, -0.05) is 217 Å². The summed E-state index contributed by atoms with van der Waals surface area (Å²) in [6, 6.07) is -0.744. The van der Waals surface area contributed by atoms with E-state index in [0.717, 1.165) is 32.1 Å². The van der Waals surface area contributed by atoms with Crippen LogP contribution in [0.15, 0.2) is 36.5 Å². The van der Waals surface area contributed by atoms with Crippen LogP contribution in [-0.2, 0) is 4.79 Å². The zero-order chi connectivity index (χ0) is 38.7. The van der Waals surface area contributed by atoms with Gasteiger partial charge in [0.05, 0.1) is 31.3 Å². The molecule has 0 aliphatic carbocycles. The van der Waals surface area contributed by atoms with Gasteiger partial charge in [0.2, 0.25) is 5.91 Å². The van der Waals surface area contributed by atoms with E-state index in [4.69, 9.17) is 0 Å². The Labute approximate surface area is 330 Å². The number of allylic oxidation sites excluding steroid dienone is 5. The first-order valence-corrected chi connectivity index (χ1v) is 23.3. The summed E-state index contributed by atoms with van der Waals surface area (Å²) in [7, 11) is 0. The van der Waals surface area contributed by atoms with Crippen LogP contribution in [0.5, 0.6) is 0 Å². The van der Waals surface area contributed by atoms with E-state index in [1.807, 2.05) is 6.08 Å². The quantitative estimate of drug-likeness (QED) is 0.0370. The number of rotatable bonds is 42. The van der Waals surface area contributed by atoms with Crippen LogP contribution in [0.3, 0.4) is 0 Å². The van der Waals surface area contributed by atoms with E-state index in [9.17, 15) is 20.1 Å². The van der Waals surface area contributed by atoms with Crippen molar-refractivity contribution in [2.24, 2.45) is 0 Å². The molecular weight excluding hydrogens is 655 g/mol. The van der Waals surface area contributed by atoms with E-state index in [2.05, 4.69) is 43.5 Å². The maximum Gasteiger partial charge on any atom is 0.222 e. The number of nitrogens with one attached hydrogen (secondary N) is 1. The van der Waals surface area contributed by atoms with E-state index in [0.29, 0.717) is 6.42 Å². The molecule has 0 radical (unpaired) electrons. The fraction of sp³-hybridized carbons (Fsp3) is 0.854. The molecule has 0 rings (SSSR count). The second-order valence-electron chi connectivity index (χ2n) is 16.0. The van der Waals surface area contributed by atoms with Crippen LogP contribution in [0.25, 0.3) is 0 Å². The van der Waals surface area contributed by atoms with E-state index in [-0.39, 0.29) is 18.9 Å². The number of amides is 1. The van der Waals surface area contributed by atoms with Gasteiger partial charge in [0, 0.05) is 0 Å². The molecule has 3 atom stereocenters. The number of carbonyl (C=O) groups is 1. The van der Waals surface area contributed by atoms with Gasteiger partial charge < -0.3 is 20.6 Å². The Morgan fingerprint density at radius 2 is 0.849 bits per heavy atom. The molecule has 312 valence electrons. The lowest BCUT2D eigenvalue weighted by molar-refractivity contribution is -0.124. The third-order valence-corrected chi connectivity index (χ3v) is 10.7. The Balaban J connectivity index is 3.62. The van der Waals surface area contributed by atoms with E-state index in [1.54, 1.807) is 6.08 Å². The van der Waals surface area contributed by atoms with Gasteiger partial charge >= 0.3 is 0 Å². The molecule has 0 spiro atoms. The Kier molecular flexibility index (Phi) is 42.1. The average Bonchev–Trinajstić information content (AvgIpc) is 3.15. The smallest absolute Gasteiger partial charge is 0.222 e. The molecule has 5 heteroatoms. The predicted octanol–water partition coefficient (Wildman–Crippen LogP) is 13.5. The summed E-state index contributed by atoms with van der Waals surface area (Å²) in [4.78, 5) is 12.4. The average molecular weight is 746 g/mol. The number of hydrogen-bond acceptors (Lipinski definition) is 4. The molecular formula is C48H91NO4. The van der Waals surface area contributed by atoms with Gasteiger partial charge in [-0.2, -0.15) is 0 Å². The normalized spacial score (nSPS) is 13.8. The van der Waals surface area contributed by atoms with Crippen LogP contribution < -0.4 is 5.32 Å².